The van der Waals surface area contributed by atoms with E-state index in [4.69, 9.17) is 9.39 Å². The molecule has 0 aromatic heterocycles. The Morgan fingerprint density at radius 3 is 2.84 bits per heavy atom. The summed E-state index contributed by atoms with van der Waals surface area (Å²) in [6, 6.07) is 0. The van der Waals surface area contributed by atoms with E-state index < -0.39 is 0 Å². The lowest BCUT2D eigenvalue weighted by Crippen LogP contribution is -2.47. The molecule has 1 radical (unpaired) electrons. The highest BCUT2D eigenvalue weighted by atomic mass is 127. The molecule has 107 valence electrons. The van der Waals surface area contributed by atoms with Crippen molar-refractivity contribution in [3.05, 3.63) is 9.66 Å². The predicted octanol–water partition coefficient (Wildman–Crippen LogP) is 3.40. The number of rotatable bonds is 6. The fourth-order valence-electron chi connectivity index (χ4n) is 2.33. The number of hydrogen-bond donors (Lipinski definition) is 1. The number of carbonyl (C=O) groups excluding carboxylic acids is 1. The molecule has 1 fully saturated rings. The molecule has 1 aliphatic rings. The van der Waals surface area contributed by atoms with Crippen molar-refractivity contribution in [2.45, 2.75) is 39.4 Å². The maximum Gasteiger partial charge on any atom is 0.332 e. The molecule has 1 aliphatic heterocycles. The Balaban J connectivity index is 2.63. The summed E-state index contributed by atoms with van der Waals surface area (Å²) >= 11 is 6.27. The largest absolute Gasteiger partial charge is 0.434 e. The van der Waals surface area contributed by atoms with Crippen LogP contribution in [-0.2, 0) is 14.2 Å². The SMILES string of the molecule is C/C(=C\I)[C@@H]1O[C@H](CCO[B]PS)[C@H](C)C(=O)[C@H]1C. The van der Waals surface area contributed by atoms with Gasteiger partial charge >= 0.3 is 7.20 Å². The number of ketones is 1. The van der Waals surface area contributed by atoms with Crippen molar-refractivity contribution in [3.63, 3.8) is 0 Å². The van der Waals surface area contributed by atoms with Crippen LogP contribution in [-0.4, -0.2) is 31.8 Å². The van der Waals surface area contributed by atoms with Crippen molar-refractivity contribution in [2.24, 2.45) is 11.8 Å². The van der Waals surface area contributed by atoms with Crippen LogP contribution in [0.3, 0.4) is 0 Å². The lowest BCUT2D eigenvalue weighted by atomic mass is 9.81. The molecule has 0 bridgehead atoms. The van der Waals surface area contributed by atoms with Gasteiger partial charge in [0.15, 0.2) is 0 Å². The Bertz CT molecular complexity index is 343. The third-order valence-corrected chi connectivity index (χ3v) is 5.08. The van der Waals surface area contributed by atoms with Crippen LogP contribution in [0.5, 0.6) is 0 Å². The summed E-state index contributed by atoms with van der Waals surface area (Å²) in [4.78, 5) is 12.3. The molecule has 0 aromatic rings. The van der Waals surface area contributed by atoms with Gasteiger partial charge in [0.1, 0.15) is 5.78 Å². The van der Waals surface area contributed by atoms with E-state index in [1.54, 1.807) is 7.20 Å². The number of thiol groups is 1. The first-order chi connectivity index (χ1) is 9.02. The molecular weight excluding hydrogens is 393 g/mol. The molecule has 1 rings (SSSR count). The van der Waals surface area contributed by atoms with Crippen molar-refractivity contribution >= 4 is 55.5 Å². The Morgan fingerprint density at radius 1 is 1.58 bits per heavy atom. The Hall–Kier alpha value is 0.905. The molecule has 1 saturated heterocycles. The highest BCUT2D eigenvalue weighted by molar-refractivity contribution is 14.1. The Kier molecular flexibility index (Phi) is 8.53. The molecular formula is C12H20BIO3PS. The van der Waals surface area contributed by atoms with Gasteiger partial charge in [0.25, 0.3) is 0 Å². The molecule has 0 N–H and O–H groups in total. The molecule has 1 unspecified atom stereocenters. The number of halogens is 1. The van der Waals surface area contributed by atoms with Crippen molar-refractivity contribution in [1.29, 1.82) is 0 Å². The maximum atomic E-state index is 12.3. The van der Waals surface area contributed by atoms with Crippen LogP contribution >= 0.6 is 42.5 Å². The van der Waals surface area contributed by atoms with Gasteiger partial charge in [-0.05, 0) is 23.0 Å². The predicted molar refractivity (Wildman–Crippen MR) is 93.4 cm³/mol. The highest BCUT2D eigenvalue weighted by Crippen LogP contribution is 2.32. The summed E-state index contributed by atoms with van der Waals surface area (Å²) in [6.07, 6.45) is 0.581. The molecule has 0 saturated carbocycles. The van der Waals surface area contributed by atoms with Crippen LogP contribution in [0.25, 0.3) is 0 Å². The van der Waals surface area contributed by atoms with Crippen molar-refractivity contribution < 1.29 is 14.2 Å². The quantitative estimate of drug-likeness (QED) is 0.239. The van der Waals surface area contributed by atoms with E-state index in [-0.39, 0.29) is 24.0 Å². The first-order valence-corrected chi connectivity index (χ1v) is 9.93. The van der Waals surface area contributed by atoms with Gasteiger partial charge in [-0.25, -0.2) is 0 Å². The fourth-order valence-corrected chi connectivity index (χ4v) is 3.10. The van der Waals surface area contributed by atoms with Gasteiger partial charge in [-0.3, -0.25) is 4.79 Å². The monoisotopic (exact) mass is 413 g/mol. The number of hydrogen-bond acceptors (Lipinski definition) is 4. The number of Topliss-reactive ketones (excluding diaryl/α,β-unsaturated/α-hetero) is 1. The van der Waals surface area contributed by atoms with Gasteiger partial charge in [0, 0.05) is 18.4 Å². The third-order valence-electron chi connectivity index (χ3n) is 3.51. The van der Waals surface area contributed by atoms with Crippen LogP contribution in [0, 0.1) is 11.8 Å². The van der Waals surface area contributed by atoms with Gasteiger partial charge < -0.3 is 9.39 Å². The second-order valence-electron chi connectivity index (χ2n) is 4.83. The standard InChI is InChI=1S/C12H20BIO3PS/c1-7(6-14)12-9(3)11(15)8(2)10(17-12)4-5-16-13-18-19/h6,8-10,12,18-19H,4-5H2,1-3H3/b7-6+/t8-,9+,10+,12-/m0/s1. The van der Waals surface area contributed by atoms with Gasteiger partial charge in [-0.2, -0.15) is 12.2 Å². The van der Waals surface area contributed by atoms with Gasteiger partial charge in [-0.15, -0.1) is 0 Å². The summed E-state index contributed by atoms with van der Waals surface area (Å²) in [5, 5.41) is 0. The van der Waals surface area contributed by atoms with E-state index in [1.165, 1.54) is 0 Å². The summed E-state index contributed by atoms with van der Waals surface area (Å²) in [6.45, 7) is 6.49. The van der Waals surface area contributed by atoms with Crippen molar-refractivity contribution in [3.8, 4) is 0 Å². The van der Waals surface area contributed by atoms with E-state index >= 15 is 0 Å². The summed E-state index contributed by atoms with van der Waals surface area (Å²) in [7, 11) is 2.07. The van der Waals surface area contributed by atoms with Gasteiger partial charge in [-0.1, -0.05) is 44.1 Å². The zero-order chi connectivity index (χ0) is 14.4. The lowest BCUT2D eigenvalue weighted by Gasteiger charge is -2.38. The summed E-state index contributed by atoms with van der Waals surface area (Å²) < 4.78 is 13.4. The van der Waals surface area contributed by atoms with Gasteiger partial charge in [0.2, 0.25) is 0 Å². The van der Waals surface area contributed by atoms with Crippen LogP contribution in [0.1, 0.15) is 27.2 Å². The van der Waals surface area contributed by atoms with E-state index in [0.717, 1.165) is 12.0 Å². The topological polar surface area (TPSA) is 35.5 Å². The molecule has 0 aliphatic carbocycles. The highest BCUT2D eigenvalue weighted by Gasteiger charge is 2.40. The van der Waals surface area contributed by atoms with Crippen molar-refractivity contribution in [1.82, 2.24) is 0 Å². The van der Waals surface area contributed by atoms with E-state index in [1.807, 2.05) is 24.9 Å². The summed E-state index contributed by atoms with van der Waals surface area (Å²) in [5.41, 5.74) is 1.11. The minimum atomic E-state index is -0.0960. The number of ether oxygens (including phenoxy) is 1. The van der Waals surface area contributed by atoms with E-state index in [2.05, 4.69) is 34.8 Å². The Morgan fingerprint density at radius 2 is 2.26 bits per heavy atom. The van der Waals surface area contributed by atoms with Crippen molar-refractivity contribution in [2.75, 3.05) is 6.61 Å². The third kappa shape index (κ3) is 4.99. The average Bonchev–Trinajstić information content (AvgIpc) is 2.42. The molecule has 0 aromatic carbocycles. The molecule has 5 atom stereocenters. The minimum absolute atomic E-state index is 0.0587. The second kappa shape index (κ2) is 9.03. The smallest absolute Gasteiger partial charge is 0.332 e. The zero-order valence-electron chi connectivity index (χ0n) is 11.4. The normalized spacial score (nSPS) is 33.1. The van der Waals surface area contributed by atoms with Gasteiger partial charge in [0.05, 0.1) is 12.2 Å². The zero-order valence-corrected chi connectivity index (χ0v) is 15.5. The maximum absolute atomic E-state index is 12.3. The lowest BCUT2D eigenvalue weighted by molar-refractivity contribution is -0.152. The second-order valence-corrected chi connectivity index (χ2v) is 6.73. The van der Waals surface area contributed by atoms with E-state index in [9.17, 15) is 4.79 Å². The number of carbonyl (C=O) groups is 1. The minimum Gasteiger partial charge on any atom is -0.434 e. The fraction of sp³-hybridized carbons (Fsp3) is 0.750. The molecule has 1 heterocycles. The molecule has 7 heteroatoms. The first-order valence-electron chi connectivity index (χ1n) is 6.31. The van der Waals surface area contributed by atoms with Crippen LogP contribution < -0.4 is 0 Å². The molecule has 3 nitrogen and oxygen atoms in total. The molecule has 0 amide bonds. The molecule has 19 heavy (non-hydrogen) atoms. The first kappa shape index (κ1) is 18.0. The Labute approximate surface area is 137 Å². The van der Waals surface area contributed by atoms with Crippen LogP contribution in [0.4, 0.5) is 0 Å². The average molecular weight is 413 g/mol. The molecule has 0 spiro atoms. The van der Waals surface area contributed by atoms with Crippen LogP contribution in [0.2, 0.25) is 0 Å². The van der Waals surface area contributed by atoms with E-state index in [0.29, 0.717) is 20.1 Å². The summed E-state index contributed by atoms with van der Waals surface area (Å²) in [5.74, 6) is 0.165. The van der Waals surface area contributed by atoms with Crippen LogP contribution in [0.15, 0.2) is 9.66 Å².